The molecule has 2 atom stereocenters. The summed E-state index contributed by atoms with van der Waals surface area (Å²) in [6.07, 6.45) is 1.89. The number of rotatable bonds is 5. The summed E-state index contributed by atoms with van der Waals surface area (Å²) in [5.74, 6) is -1.45. The van der Waals surface area contributed by atoms with Gasteiger partial charge in [0.2, 0.25) is 5.91 Å². The van der Waals surface area contributed by atoms with Gasteiger partial charge >= 0.3 is 5.97 Å². The Labute approximate surface area is 135 Å². The van der Waals surface area contributed by atoms with Crippen LogP contribution in [0.3, 0.4) is 0 Å². The van der Waals surface area contributed by atoms with E-state index in [9.17, 15) is 14.7 Å². The number of benzene rings is 2. The molecule has 0 saturated heterocycles. The Morgan fingerprint density at radius 2 is 1.78 bits per heavy atom. The van der Waals surface area contributed by atoms with Gasteiger partial charge in [-0.05, 0) is 29.5 Å². The summed E-state index contributed by atoms with van der Waals surface area (Å²) in [5.41, 5.74) is 3.10. The third-order valence-electron chi connectivity index (χ3n) is 4.35. The number of aliphatic carboxylic acids is 1. The molecule has 0 heterocycles. The molecular formula is C19H19NO3. The lowest BCUT2D eigenvalue weighted by Crippen LogP contribution is -2.44. The maximum atomic E-state index is 12.5. The van der Waals surface area contributed by atoms with Crippen LogP contribution in [0.1, 0.15) is 29.0 Å². The number of hydrogen-bond donors (Lipinski definition) is 2. The predicted octanol–water partition coefficient (Wildman–Crippen LogP) is 2.53. The molecule has 0 bridgehead atoms. The largest absolute Gasteiger partial charge is 0.480 e. The lowest BCUT2D eigenvalue weighted by molar-refractivity contribution is -0.142. The van der Waals surface area contributed by atoms with E-state index >= 15 is 0 Å². The lowest BCUT2D eigenvalue weighted by Gasteiger charge is -2.18. The Balaban J connectivity index is 1.71. The van der Waals surface area contributed by atoms with Gasteiger partial charge in [-0.25, -0.2) is 4.79 Å². The molecule has 1 aliphatic rings. The third-order valence-corrected chi connectivity index (χ3v) is 4.35. The number of carbonyl (C=O) groups is 2. The molecule has 2 aromatic carbocycles. The fourth-order valence-corrected chi connectivity index (χ4v) is 3.15. The topological polar surface area (TPSA) is 66.4 Å². The second-order valence-corrected chi connectivity index (χ2v) is 5.88. The molecule has 2 N–H and O–H groups in total. The van der Waals surface area contributed by atoms with E-state index in [0.29, 0.717) is 0 Å². The predicted molar refractivity (Wildman–Crippen MR) is 87.2 cm³/mol. The molecule has 0 aliphatic heterocycles. The van der Waals surface area contributed by atoms with Crippen LogP contribution >= 0.6 is 0 Å². The molecule has 1 amide bonds. The van der Waals surface area contributed by atoms with Crippen molar-refractivity contribution in [3.05, 3.63) is 71.3 Å². The van der Waals surface area contributed by atoms with Crippen molar-refractivity contribution in [2.75, 3.05) is 0 Å². The van der Waals surface area contributed by atoms with Gasteiger partial charge in [0, 0.05) is 6.42 Å². The maximum Gasteiger partial charge on any atom is 0.326 e. The van der Waals surface area contributed by atoms with Crippen molar-refractivity contribution in [2.45, 2.75) is 31.2 Å². The minimum Gasteiger partial charge on any atom is -0.480 e. The number of amides is 1. The van der Waals surface area contributed by atoms with Crippen LogP contribution in [0.25, 0.3) is 0 Å². The molecule has 0 fully saturated rings. The SMILES string of the molecule is O=C(N[C@H](Cc1ccccc1)C(=O)O)C1CCc2ccccc21. The van der Waals surface area contributed by atoms with E-state index in [1.54, 1.807) is 0 Å². The van der Waals surface area contributed by atoms with Crippen LogP contribution in [-0.2, 0) is 22.4 Å². The number of hydrogen-bond acceptors (Lipinski definition) is 2. The van der Waals surface area contributed by atoms with E-state index in [1.165, 1.54) is 5.56 Å². The summed E-state index contributed by atoms with van der Waals surface area (Å²) in [6.45, 7) is 0. The fraction of sp³-hybridized carbons (Fsp3) is 0.263. The minimum absolute atomic E-state index is 0.196. The van der Waals surface area contributed by atoms with Crippen molar-refractivity contribution in [1.82, 2.24) is 5.32 Å². The van der Waals surface area contributed by atoms with Crippen LogP contribution in [0.4, 0.5) is 0 Å². The van der Waals surface area contributed by atoms with Crippen molar-refractivity contribution in [3.8, 4) is 0 Å². The molecule has 1 aliphatic carbocycles. The van der Waals surface area contributed by atoms with Crippen molar-refractivity contribution in [1.29, 1.82) is 0 Å². The normalized spacial score (nSPS) is 17.3. The van der Waals surface area contributed by atoms with E-state index in [1.807, 2.05) is 54.6 Å². The van der Waals surface area contributed by atoms with Crippen LogP contribution in [0, 0.1) is 0 Å². The molecule has 23 heavy (non-hydrogen) atoms. The van der Waals surface area contributed by atoms with E-state index in [2.05, 4.69) is 5.32 Å². The first kappa shape index (κ1) is 15.3. The molecule has 4 heteroatoms. The van der Waals surface area contributed by atoms with Crippen LogP contribution in [-0.4, -0.2) is 23.0 Å². The standard InChI is InChI=1S/C19H19NO3/c21-18(16-11-10-14-8-4-5-9-15(14)16)20-17(19(22)23)12-13-6-2-1-3-7-13/h1-9,16-17H,10-12H2,(H,20,21)(H,22,23)/t16?,17-/m1/s1. The average Bonchev–Trinajstić information content (AvgIpc) is 2.99. The first-order valence-electron chi connectivity index (χ1n) is 7.80. The minimum atomic E-state index is -1.01. The summed E-state index contributed by atoms with van der Waals surface area (Å²) in [4.78, 5) is 24.0. The van der Waals surface area contributed by atoms with Gasteiger partial charge in [-0.2, -0.15) is 0 Å². The Morgan fingerprint density at radius 3 is 2.52 bits per heavy atom. The van der Waals surface area contributed by atoms with Gasteiger partial charge in [-0.1, -0.05) is 54.6 Å². The molecule has 0 spiro atoms. The van der Waals surface area contributed by atoms with E-state index in [4.69, 9.17) is 0 Å². The zero-order valence-electron chi connectivity index (χ0n) is 12.7. The number of carboxylic acid groups (broad SMARTS) is 1. The fourth-order valence-electron chi connectivity index (χ4n) is 3.15. The van der Waals surface area contributed by atoms with Crippen LogP contribution in [0.15, 0.2) is 54.6 Å². The van der Waals surface area contributed by atoms with Crippen molar-refractivity contribution < 1.29 is 14.7 Å². The summed E-state index contributed by atoms with van der Waals surface area (Å²) < 4.78 is 0. The van der Waals surface area contributed by atoms with Gasteiger partial charge in [-0.3, -0.25) is 4.79 Å². The molecule has 118 valence electrons. The first-order chi connectivity index (χ1) is 11.1. The van der Waals surface area contributed by atoms with Crippen molar-refractivity contribution in [2.24, 2.45) is 0 Å². The zero-order valence-corrected chi connectivity index (χ0v) is 12.7. The van der Waals surface area contributed by atoms with Crippen LogP contribution < -0.4 is 5.32 Å². The number of aryl methyl sites for hydroxylation is 1. The summed E-state index contributed by atoms with van der Waals surface area (Å²) in [7, 11) is 0. The third kappa shape index (κ3) is 3.42. The monoisotopic (exact) mass is 309 g/mol. The molecule has 0 aromatic heterocycles. The molecule has 4 nitrogen and oxygen atoms in total. The number of nitrogens with one attached hydrogen (secondary N) is 1. The highest BCUT2D eigenvalue weighted by Gasteiger charge is 2.31. The number of carbonyl (C=O) groups excluding carboxylic acids is 1. The molecule has 0 radical (unpaired) electrons. The Hall–Kier alpha value is -2.62. The molecular weight excluding hydrogens is 290 g/mol. The second kappa shape index (κ2) is 6.65. The van der Waals surface area contributed by atoms with Gasteiger partial charge in [0.05, 0.1) is 5.92 Å². The Kier molecular flexibility index (Phi) is 4.42. The van der Waals surface area contributed by atoms with Gasteiger partial charge in [0.15, 0.2) is 0 Å². The summed E-state index contributed by atoms with van der Waals surface area (Å²) in [5, 5.41) is 12.1. The van der Waals surface area contributed by atoms with Gasteiger partial charge in [0.1, 0.15) is 6.04 Å². The molecule has 1 unspecified atom stereocenters. The molecule has 3 rings (SSSR count). The Bertz CT molecular complexity index is 712. The van der Waals surface area contributed by atoms with E-state index in [-0.39, 0.29) is 18.2 Å². The Morgan fingerprint density at radius 1 is 1.09 bits per heavy atom. The number of fused-ring (bicyclic) bond motifs is 1. The first-order valence-corrected chi connectivity index (χ1v) is 7.80. The van der Waals surface area contributed by atoms with Crippen molar-refractivity contribution >= 4 is 11.9 Å². The highest BCUT2D eigenvalue weighted by molar-refractivity contribution is 5.89. The highest BCUT2D eigenvalue weighted by atomic mass is 16.4. The number of carboxylic acids is 1. The van der Waals surface area contributed by atoms with Crippen LogP contribution in [0.2, 0.25) is 0 Å². The smallest absolute Gasteiger partial charge is 0.326 e. The average molecular weight is 309 g/mol. The van der Waals surface area contributed by atoms with E-state index < -0.39 is 12.0 Å². The second-order valence-electron chi connectivity index (χ2n) is 5.88. The molecule has 0 saturated carbocycles. The van der Waals surface area contributed by atoms with Gasteiger partial charge < -0.3 is 10.4 Å². The van der Waals surface area contributed by atoms with E-state index in [0.717, 1.165) is 24.0 Å². The summed E-state index contributed by atoms with van der Waals surface area (Å²) in [6, 6.07) is 16.3. The lowest BCUT2D eigenvalue weighted by atomic mass is 9.99. The highest BCUT2D eigenvalue weighted by Crippen LogP contribution is 2.32. The molecule has 2 aromatic rings. The van der Waals surface area contributed by atoms with Gasteiger partial charge in [0.25, 0.3) is 0 Å². The summed E-state index contributed by atoms with van der Waals surface area (Å²) >= 11 is 0. The van der Waals surface area contributed by atoms with Gasteiger partial charge in [-0.15, -0.1) is 0 Å². The maximum absolute atomic E-state index is 12.5. The zero-order chi connectivity index (χ0) is 16.2. The van der Waals surface area contributed by atoms with Crippen molar-refractivity contribution in [3.63, 3.8) is 0 Å². The van der Waals surface area contributed by atoms with Crippen LogP contribution in [0.5, 0.6) is 0 Å². The quantitative estimate of drug-likeness (QED) is 0.892.